The molecule has 3 unspecified atom stereocenters. The molecule has 1 heterocycles. The van der Waals surface area contributed by atoms with Gasteiger partial charge in [0.25, 0.3) is 0 Å². The molecule has 1 aliphatic heterocycles. The number of rotatable bonds is 4. The molecule has 2 aliphatic rings. The lowest BCUT2D eigenvalue weighted by Gasteiger charge is -2.19. The van der Waals surface area contributed by atoms with Crippen molar-refractivity contribution < 1.29 is 23.5 Å². The quantitative estimate of drug-likeness (QED) is 0.579. The molecular weight excluding hydrogens is 373 g/mol. The predicted octanol–water partition coefficient (Wildman–Crippen LogP) is 3.58. The summed E-state index contributed by atoms with van der Waals surface area (Å²) >= 11 is 6.08. The lowest BCUT2D eigenvalue weighted by atomic mass is 9.81. The third-order valence-electron chi connectivity index (χ3n) is 4.91. The molecule has 1 saturated heterocycles. The number of carbonyl (C=O) groups excluding carboxylic acids is 2. The molecule has 0 aromatic heterocycles. The highest BCUT2D eigenvalue weighted by molar-refractivity contribution is 6.32. The first-order valence-corrected chi connectivity index (χ1v) is 9.32. The van der Waals surface area contributed by atoms with Crippen LogP contribution in [0.4, 0.5) is 10.1 Å². The molecule has 144 valence electrons. The molecule has 27 heavy (non-hydrogen) atoms. The zero-order valence-electron chi connectivity index (χ0n) is 15.3. The van der Waals surface area contributed by atoms with E-state index >= 15 is 0 Å². The van der Waals surface area contributed by atoms with Gasteiger partial charge in [0, 0.05) is 13.2 Å². The second kappa shape index (κ2) is 8.28. The van der Waals surface area contributed by atoms with Gasteiger partial charge in [0.1, 0.15) is 18.2 Å². The Morgan fingerprint density at radius 3 is 2.48 bits per heavy atom. The smallest absolute Gasteiger partial charge is 0.237 e. The molecule has 0 N–H and O–H groups in total. The van der Waals surface area contributed by atoms with E-state index in [0.717, 1.165) is 23.8 Å². The highest BCUT2D eigenvalue weighted by Gasteiger charge is 2.49. The zero-order chi connectivity index (χ0) is 19.6. The van der Waals surface area contributed by atoms with Gasteiger partial charge in [-0.05, 0) is 25.8 Å². The maximum Gasteiger partial charge on any atom is 0.237 e. The van der Waals surface area contributed by atoms with Crippen LogP contribution >= 0.6 is 11.6 Å². The first kappa shape index (κ1) is 19.7. The van der Waals surface area contributed by atoms with Gasteiger partial charge in [-0.2, -0.15) is 0 Å². The minimum Gasteiger partial charge on any atom is -0.476 e. The fraction of sp³-hybridized carbons (Fsp3) is 0.500. The molecule has 2 fully saturated rings. The molecule has 0 bridgehead atoms. The number of amides is 2. The van der Waals surface area contributed by atoms with Crippen LogP contribution < -0.4 is 9.64 Å². The summed E-state index contributed by atoms with van der Waals surface area (Å²) in [6.45, 7) is 1.97. The summed E-state index contributed by atoms with van der Waals surface area (Å²) in [4.78, 5) is 26.4. The molecule has 5 nitrogen and oxygen atoms in total. The van der Waals surface area contributed by atoms with Crippen LogP contribution in [0.3, 0.4) is 0 Å². The molecule has 3 rings (SSSR count). The predicted molar refractivity (Wildman–Crippen MR) is 99.1 cm³/mol. The van der Waals surface area contributed by atoms with E-state index in [0.29, 0.717) is 12.8 Å². The number of ether oxygens (including phenoxy) is 2. The van der Waals surface area contributed by atoms with Crippen LogP contribution in [0.1, 0.15) is 32.6 Å². The number of fused-ring (bicyclic) bond motifs is 1. The number of hydrogen-bond donors (Lipinski definition) is 0. The second-order valence-electron chi connectivity index (χ2n) is 6.76. The van der Waals surface area contributed by atoms with E-state index in [-0.39, 0.29) is 46.7 Å². The molecule has 1 aliphatic carbocycles. The number of methoxy groups -OCH3 is 1. The number of imide groups is 1. The molecule has 1 aromatic carbocycles. The topological polar surface area (TPSA) is 55.8 Å². The van der Waals surface area contributed by atoms with Gasteiger partial charge in [0.15, 0.2) is 6.10 Å². The van der Waals surface area contributed by atoms with Gasteiger partial charge >= 0.3 is 0 Å². The van der Waals surface area contributed by atoms with Crippen LogP contribution in [0.2, 0.25) is 5.02 Å². The average molecular weight is 394 g/mol. The normalized spacial score (nSPS) is 22.9. The van der Waals surface area contributed by atoms with E-state index in [1.165, 1.54) is 13.2 Å². The Bertz CT molecular complexity index is 792. The molecule has 2 amide bonds. The number of benzene rings is 1. The molecule has 0 spiro atoms. The average Bonchev–Trinajstić information content (AvgIpc) is 2.89. The summed E-state index contributed by atoms with van der Waals surface area (Å²) in [6.07, 6.45) is 2.61. The summed E-state index contributed by atoms with van der Waals surface area (Å²) in [5.74, 6) is 3.63. The maximum absolute atomic E-state index is 14.6. The van der Waals surface area contributed by atoms with E-state index in [9.17, 15) is 14.0 Å². The van der Waals surface area contributed by atoms with Crippen molar-refractivity contribution in [2.24, 2.45) is 11.8 Å². The number of carbonyl (C=O) groups is 2. The summed E-state index contributed by atoms with van der Waals surface area (Å²) in [6, 6.07) is 2.36. The molecule has 1 saturated carbocycles. The van der Waals surface area contributed by atoms with Gasteiger partial charge < -0.3 is 9.47 Å². The minimum atomic E-state index is -0.731. The van der Waals surface area contributed by atoms with Gasteiger partial charge in [0.2, 0.25) is 11.8 Å². The largest absolute Gasteiger partial charge is 0.476 e. The van der Waals surface area contributed by atoms with Crippen LogP contribution in [0.5, 0.6) is 5.75 Å². The summed E-state index contributed by atoms with van der Waals surface area (Å²) < 4.78 is 25.1. The van der Waals surface area contributed by atoms with Gasteiger partial charge in [-0.1, -0.05) is 36.3 Å². The van der Waals surface area contributed by atoms with Gasteiger partial charge in [-0.3, -0.25) is 9.59 Å². The number of hydrogen-bond acceptors (Lipinski definition) is 4. The van der Waals surface area contributed by atoms with Crippen LogP contribution in [-0.4, -0.2) is 31.6 Å². The SMILES string of the molecule is COCC#CC(C)Oc1cc(N2C(=O)C3CCCCC3C2=O)c(F)cc1Cl. The van der Waals surface area contributed by atoms with Crippen molar-refractivity contribution in [3.8, 4) is 17.6 Å². The van der Waals surface area contributed by atoms with Crippen molar-refractivity contribution in [3.63, 3.8) is 0 Å². The molecule has 0 radical (unpaired) electrons. The Balaban J connectivity index is 1.89. The van der Waals surface area contributed by atoms with Crippen molar-refractivity contribution in [1.82, 2.24) is 0 Å². The van der Waals surface area contributed by atoms with Crippen molar-refractivity contribution >= 4 is 29.1 Å². The maximum atomic E-state index is 14.6. The van der Waals surface area contributed by atoms with E-state index in [1.807, 2.05) is 0 Å². The Morgan fingerprint density at radius 1 is 1.26 bits per heavy atom. The van der Waals surface area contributed by atoms with Crippen molar-refractivity contribution in [3.05, 3.63) is 23.0 Å². The minimum absolute atomic E-state index is 0.0492. The summed E-state index contributed by atoms with van der Waals surface area (Å²) in [5.41, 5.74) is -0.115. The van der Waals surface area contributed by atoms with Crippen molar-refractivity contribution in [1.29, 1.82) is 0 Å². The Kier molecular flexibility index (Phi) is 6.03. The fourth-order valence-electron chi connectivity index (χ4n) is 3.66. The summed E-state index contributed by atoms with van der Waals surface area (Å²) in [5, 5.41) is 0.0492. The first-order chi connectivity index (χ1) is 12.9. The highest BCUT2D eigenvalue weighted by Crippen LogP contribution is 2.42. The second-order valence-corrected chi connectivity index (χ2v) is 7.16. The van der Waals surface area contributed by atoms with Crippen LogP contribution in [0.15, 0.2) is 12.1 Å². The lowest BCUT2D eigenvalue weighted by molar-refractivity contribution is -0.122. The lowest BCUT2D eigenvalue weighted by Crippen LogP contribution is -2.31. The van der Waals surface area contributed by atoms with Gasteiger partial charge in [0.05, 0.1) is 22.5 Å². The van der Waals surface area contributed by atoms with Crippen LogP contribution in [0, 0.1) is 29.5 Å². The third-order valence-corrected chi connectivity index (χ3v) is 5.20. The van der Waals surface area contributed by atoms with E-state index in [2.05, 4.69) is 11.8 Å². The van der Waals surface area contributed by atoms with E-state index in [4.69, 9.17) is 21.1 Å². The molecular formula is C20H21ClFNO4. The third kappa shape index (κ3) is 3.95. The number of halogens is 2. The van der Waals surface area contributed by atoms with E-state index in [1.54, 1.807) is 6.92 Å². The molecule has 1 aromatic rings. The fourth-order valence-corrected chi connectivity index (χ4v) is 3.85. The van der Waals surface area contributed by atoms with Crippen molar-refractivity contribution in [2.75, 3.05) is 18.6 Å². The van der Waals surface area contributed by atoms with Crippen LogP contribution in [0.25, 0.3) is 0 Å². The summed E-state index contributed by atoms with van der Waals surface area (Å²) in [7, 11) is 1.53. The highest BCUT2D eigenvalue weighted by atomic mass is 35.5. The first-order valence-electron chi connectivity index (χ1n) is 8.95. The Labute approximate surface area is 162 Å². The molecule has 7 heteroatoms. The number of anilines is 1. The standard InChI is InChI=1S/C20H21ClFNO4/c1-12(6-5-9-26-2)27-18-11-17(16(22)10-15(18)21)23-19(24)13-7-3-4-8-14(13)20(23)25/h10-14H,3-4,7-9H2,1-2H3. The monoisotopic (exact) mass is 393 g/mol. The van der Waals surface area contributed by atoms with Crippen molar-refractivity contribution in [2.45, 2.75) is 38.7 Å². The zero-order valence-corrected chi connectivity index (χ0v) is 16.0. The molecule has 3 atom stereocenters. The van der Waals surface area contributed by atoms with Crippen LogP contribution in [-0.2, 0) is 14.3 Å². The number of nitrogens with zero attached hydrogens (tertiary/aromatic N) is 1. The van der Waals surface area contributed by atoms with Gasteiger partial charge in [-0.15, -0.1) is 0 Å². The Hall–Kier alpha value is -2.10. The van der Waals surface area contributed by atoms with Gasteiger partial charge in [-0.25, -0.2) is 9.29 Å². The van der Waals surface area contributed by atoms with E-state index < -0.39 is 11.9 Å². The Morgan fingerprint density at radius 2 is 1.89 bits per heavy atom.